The van der Waals surface area contributed by atoms with Gasteiger partial charge in [-0.3, -0.25) is 0 Å². The van der Waals surface area contributed by atoms with Crippen LogP contribution in [0.5, 0.6) is 5.75 Å². The number of imidazole rings is 1. The number of methoxy groups -OCH3 is 1. The molecule has 0 bridgehead atoms. The Morgan fingerprint density at radius 2 is 2.05 bits per heavy atom. The molecule has 1 atom stereocenters. The minimum Gasteiger partial charge on any atom is -0.494 e. The van der Waals surface area contributed by atoms with Crippen LogP contribution in [0, 0.1) is 0 Å². The second-order valence-corrected chi connectivity index (χ2v) is 5.88. The Kier molecular flexibility index (Phi) is 4.01. The number of aromatic nitrogens is 2. The van der Waals surface area contributed by atoms with Crippen LogP contribution in [0.2, 0.25) is 0 Å². The molecular weight excluding hydrogens is 264 g/mol. The van der Waals surface area contributed by atoms with E-state index >= 15 is 0 Å². The molecular formula is C16H24N4O. The number of fused-ring (bicyclic) bond motifs is 1. The van der Waals surface area contributed by atoms with Crippen molar-refractivity contribution in [2.75, 3.05) is 32.5 Å². The van der Waals surface area contributed by atoms with Crippen LogP contribution in [0.3, 0.4) is 0 Å². The van der Waals surface area contributed by atoms with Gasteiger partial charge in [0.2, 0.25) is 5.95 Å². The van der Waals surface area contributed by atoms with E-state index in [1.807, 2.05) is 12.1 Å². The fraction of sp³-hybridized carbons (Fsp3) is 0.562. The van der Waals surface area contributed by atoms with E-state index < -0.39 is 0 Å². The Labute approximate surface area is 125 Å². The van der Waals surface area contributed by atoms with Gasteiger partial charge in [0.05, 0.1) is 12.6 Å². The van der Waals surface area contributed by atoms with Gasteiger partial charge in [-0.05, 0) is 45.0 Å². The van der Waals surface area contributed by atoms with Gasteiger partial charge in [0.15, 0.2) is 0 Å². The van der Waals surface area contributed by atoms with Crippen LogP contribution in [-0.2, 0) is 0 Å². The van der Waals surface area contributed by atoms with Crippen LogP contribution >= 0.6 is 0 Å². The minimum atomic E-state index is 0.306. The summed E-state index contributed by atoms with van der Waals surface area (Å²) in [5, 5.41) is 0. The quantitative estimate of drug-likeness (QED) is 0.939. The SMILES string of the molecule is COc1cccc2c1nc(N)n2C(C)CN1CCCCC1. The number of para-hydroxylation sites is 1. The van der Waals surface area contributed by atoms with Gasteiger partial charge in [-0.1, -0.05) is 12.5 Å². The lowest BCUT2D eigenvalue weighted by Gasteiger charge is -2.30. The Balaban J connectivity index is 1.90. The maximum absolute atomic E-state index is 6.16. The number of nitrogens with zero attached hydrogens (tertiary/aromatic N) is 3. The molecule has 1 aliphatic heterocycles. The van der Waals surface area contributed by atoms with Gasteiger partial charge < -0.3 is 19.9 Å². The van der Waals surface area contributed by atoms with Gasteiger partial charge in [0, 0.05) is 12.6 Å². The number of likely N-dealkylation sites (tertiary alicyclic amines) is 1. The van der Waals surface area contributed by atoms with Crippen LogP contribution in [0.25, 0.3) is 11.0 Å². The number of piperidine rings is 1. The first-order chi connectivity index (χ1) is 10.2. The summed E-state index contributed by atoms with van der Waals surface area (Å²) < 4.78 is 7.52. The molecule has 1 unspecified atom stereocenters. The summed E-state index contributed by atoms with van der Waals surface area (Å²) in [7, 11) is 1.67. The highest BCUT2D eigenvalue weighted by Gasteiger charge is 2.19. The van der Waals surface area contributed by atoms with E-state index in [-0.39, 0.29) is 0 Å². The molecule has 1 aromatic carbocycles. The predicted octanol–water partition coefficient (Wildman–Crippen LogP) is 2.67. The third kappa shape index (κ3) is 2.70. The number of nitrogen functional groups attached to an aromatic ring is 1. The third-order valence-corrected chi connectivity index (χ3v) is 4.34. The van der Waals surface area contributed by atoms with Gasteiger partial charge in [-0.15, -0.1) is 0 Å². The first-order valence-electron chi connectivity index (χ1n) is 7.73. The second-order valence-electron chi connectivity index (χ2n) is 5.88. The zero-order valence-corrected chi connectivity index (χ0v) is 12.9. The fourth-order valence-electron chi connectivity index (χ4n) is 3.33. The molecule has 1 aliphatic rings. The molecule has 0 radical (unpaired) electrons. The van der Waals surface area contributed by atoms with E-state index in [0.29, 0.717) is 12.0 Å². The Morgan fingerprint density at radius 1 is 1.29 bits per heavy atom. The van der Waals surface area contributed by atoms with E-state index in [9.17, 15) is 0 Å². The zero-order valence-electron chi connectivity index (χ0n) is 12.9. The van der Waals surface area contributed by atoms with E-state index in [2.05, 4.69) is 27.4 Å². The maximum Gasteiger partial charge on any atom is 0.201 e. The van der Waals surface area contributed by atoms with Crippen molar-refractivity contribution in [3.8, 4) is 5.75 Å². The molecule has 1 saturated heterocycles. The molecule has 21 heavy (non-hydrogen) atoms. The number of ether oxygens (including phenoxy) is 1. The van der Waals surface area contributed by atoms with Crippen molar-refractivity contribution in [3.63, 3.8) is 0 Å². The average molecular weight is 288 g/mol. The van der Waals surface area contributed by atoms with Crippen LogP contribution in [0.4, 0.5) is 5.95 Å². The highest BCUT2D eigenvalue weighted by Crippen LogP contribution is 2.29. The first-order valence-corrected chi connectivity index (χ1v) is 7.73. The van der Waals surface area contributed by atoms with Crippen molar-refractivity contribution in [2.45, 2.75) is 32.2 Å². The minimum absolute atomic E-state index is 0.306. The van der Waals surface area contributed by atoms with Crippen molar-refractivity contribution < 1.29 is 4.74 Å². The van der Waals surface area contributed by atoms with Crippen LogP contribution in [0.1, 0.15) is 32.2 Å². The van der Waals surface area contributed by atoms with E-state index in [1.165, 1.54) is 32.4 Å². The van der Waals surface area contributed by atoms with Gasteiger partial charge >= 0.3 is 0 Å². The Morgan fingerprint density at radius 3 is 2.76 bits per heavy atom. The topological polar surface area (TPSA) is 56.3 Å². The Bertz CT molecular complexity index is 616. The van der Waals surface area contributed by atoms with Gasteiger partial charge in [-0.2, -0.15) is 0 Å². The zero-order chi connectivity index (χ0) is 14.8. The van der Waals surface area contributed by atoms with Gasteiger partial charge in [-0.25, -0.2) is 4.98 Å². The van der Waals surface area contributed by atoms with Crippen molar-refractivity contribution in [1.29, 1.82) is 0 Å². The summed E-state index contributed by atoms with van der Waals surface area (Å²) in [6, 6.07) is 6.29. The normalized spacial score (nSPS) is 18.0. The van der Waals surface area contributed by atoms with E-state index in [0.717, 1.165) is 23.3 Å². The lowest BCUT2D eigenvalue weighted by Crippen LogP contribution is -2.34. The van der Waals surface area contributed by atoms with Crippen LogP contribution in [-0.4, -0.2) is 41.2 Å². The van der Waals surface area contributed by atoms with Crippen LogP contribution < -0.4 is 10.5 Å². The fourth-order valence-corrected chi connectivity index (χ4v) is 3.33. The molecule has 5 nitrogen and oxygen atoms in total. The first kappa shape index (κ1) is 14.2. The molecule has 2 N–H and O–H groups in total. The molecule has 2 heterocycles. The lowest BCUT2D eigenvalue weighted by molar-refractivity contribution is 0.204. The van der Waals surface area contributed by atoms with Crippen molar-refractivity contribution in [2.24, 2.45) is 0 Å². The van der Waals surface area contributed by atoms with E-state index in [4.69, 9.17) is 10.5 Å². The molecule has 1 fully saturated rings. The molecule has 0 saturated carbocycles. The Hall–Kier alpha value is -1.75. The molecule has 3 rings (SSSR count). The van der Waals surface area contributed by atoms with Crippen LogP contribution in [0.15, 0.2) is 18.2 Å². The third-order valence-electron chi connectivity index (χ3n) is 4.34. The van der Waals surface area contributed by atoms with Crippen molar-refractivity contribution >= 4 is 17.0 Å². The number of hydrogen-bond acceptors (Lipinski definition) is 4. The monoisotopic (exact) mass is 288 g/mol. The molecule has 0 spiro atoms. The highest BCUT2D eigenvalue weighted by atomic mass is 16.5. The molecule has 1 aromatic heterocycles. The average Bonchev–Trinajstić information content (AvgIpc) is 2.84. The predicted molar refractivity (Wildman–Crippen MR) is 85.7 cm³/mol. The summed E-state index contributed by atoms with van der Waals surface area (Å²) in [4.78, 5) is 7.02. The lowest BCUT2D eigenvalue weighted by atomic mass is 10.1. The molecule has 0 aliphatic carbocycles. The van der Waals surface area contributed by atoms with Crippen molar-refractivity contribution in [3.05, 3.63) is 18.2 Å². The largest absolute Gasteiger partial charge is 0.494 e. The second kappa shape index (κ2) is 5.93. The van der Waals surface area contributed by atoms with Crippen molar-refractivity contribution in [1.82, 2.24) is 14.5 Å². The smallest absolute Gasteiger partial charge is 0.201 e. The molecule has 0 amide bonds. The molecule has 2 aromatic rings. The number of nitrogens with two attached hydrogens (primary N) is 1. The molecule has 5 heteroatoms. The summed E-state index contributed by atoms with van der Waals surface area (Å²) in [6.07, 6.45) is 3.97. The van der Waals surface area contributed by atoms with E-state index in [1.54, 1.807) is 7.11 Å². The van der Waals surface area contributed by atoms with Gasteiger partial charge in [0.25, 0.3) is 0 Å². The summed E-state index contributed by atoms with van der Waals surface area (Å²) in [5.74, 6) is 1.35. The maximum atomic E-state index is 6.16. The number of anilines is 1. The summed E-state index contributed by atoms with van der Waals surface area (Å²) >= 11 is 0. The number of hydrogen-bond donors (Lipinski definition) is 1. The van der Waals surface area contributed by atoms with Gasteiger partial charge in [0.1, 0.15) is 11.3 Å². The number of rotatable bonds is 4. The summed E-state index contributed by atoms with van der Waals surface area (Å²) in [5.41, 5.74) is 8.06. The highest BCUT2D eigenvalue weighted by molar-refractivity contribution is 5.84. The standard InChI is InChI=1S/C16H24N4O/c1-12(11-19-9-4-3-5-10-19)20-13-7-6-8-14(21-2)15(13)18-16(20)17/h6-8,12H,3-5,9-11H2,1-2H3,(H2,17,18). The number of benzene rings is 1. The molecule has 114 valence electrons. The summed E-state index contributed by atoms with van der Waals surface area (Å²) in [6.45, 7) is 5.62.